The Morgan fingerprint density at radius 3 is 2.84 bits per heavy atom. The molecule has 1 aliphatic heterocycles. The first-order chi connectivity index (χ1) is 11.9. The van der Waals surface area contributed by atoms with E-state index in [0.717, 1.165) is 4.90 Å². The van der Waals surface area contributed by atoms with Crippen LogP contribution in [0.4, 0.5) is 5.69 Å². The van der Waals surface area contributed by atoms with Gasteiger partial charge in [0.2, 0.25) is 15.9 Å². The highest BCUT2D eigenvalue weighted by Gasteiger charge is 2.22. The fourth-order valence-electron chi connectivity index (χ4n) is 2.49. The van der Waals surface area contributed by atoms with Gasteiger partial charge in [0.15, 0.2) is 0 Å². The molecule has 1 amide bonds. The zero-order valence-corrected chi connectivity index (χ0v) is 16.5. The number of nitrogens with one attached hydrogen (secondary N) is 2. The summed E-state index contributed by atoms with van der Waals surface area (Å²) >= 11 is 3.19. The summed E-state index contributed by atoms with van der Waals surface area (Å²) in [4.78, 5) is 14.2. The van der Waals surface area contributed by atoms with Gasteiger partial charge >= 0.3 is 0 Å². The van der Waals surface area contributed by atoms with Crippen molar-refractivity contribution < 1.29 is 13.2 Å². The van der Waals surface area contributed by atoms with Crippen LogP contribution in [0.3, 0.4) is 0 Å². The van der Waals surface area contributed by atoms with Gasteiger partial charge in [0.1, 0.15) is 0 Å². The van der Waals surface area contributed by atoms with Gasteiger partial charge in [-0.2, -0.15) is 0 Å². The Bertz CT molecular complexity index is 890. The van der Waals surface area contributed by atoms with E-state index in [1.54, 1.807) is 35.2 Å². The van der Waals surface area contributed by atoms with E-state index in [0.29, 0.717) is 24.4 Å². The number of sulfonamides is 1. The van der Waals surface area contributed by atoms with E-state index in [-0.39, 0.29) is 16.7 Å². The Morgan fingerprint density at radius 1 is 1.32 bits per heavy atom. The van der Waals surface area contributed by atoms with Crippen LogP contribution in [-0.2, 0) is 21.2 Å². The average molecular weight is 397 g/mol. The number of aryl methyl sites for hydroxylation is 1. The smallest absolute Gasteiger partial charge is 0.240 e. The van der Waals surface area contributed by atoms with Gasteiger partial charge in [0.05, 0.1) is 10.6 Å². The van der Waals surface area contributed by atoms with E-state index < -0.39 is 10.0 Å². The fourth-order valence-corrected chi connectivity index (χ4v) is 5.47. The molecule has 0 saturated carbocycles. The zero-order chi connectivity index (χ0) is 18.0. The van der Waals surface area contributed by atoms with Gasteiger partial charge in [-0.05, 0) is 48.6 Å². The SMILES string of the molecule is Cc1ccsc1CCNS(=O)(=O)c1ccc2c(c1)NC(=O)[C@H](C)CS2. The second-order valence-electron chi connectivity index (χ2n) is 6.03. The van der Waals surface area contributed by atoms with E-state index in [2.05, 4.69) is 10.0 Å². The van der Waals surface area contributed by atoms with Crippen LogP contribution < -0.4 is 10.0 Å². The molecule has 2 N–H and O–H groups in total. The summed E-state index contributed by atoms with van der Waals surface area (Å²) in [7, 11) is -3.61. The number of carbonyl (C=O) groups is 1. The third kappa shape index (κ3) is 4.25. The van der Waals surface area contributed by atoms with Gasteiger partial charge in [-0.25, -0.2) is 13.1 Å². The number of thioether (sulfide) groups is 1. The van der Waals surface area contributed by atoms with Crippen LogP contribution in [0.1, 0.15) is 17.4 Å². The normalized spacial score (nSPS) is 17.7. The highest BCUT2D eigenvalue weighted by Crippen LogP contribution is 2.34. The maximum absolute atomic E-state index is 12.5. The lowest BCUT2D eigenvalue weighted by Gasteiger charge is -2.11. The number of carbonyl (C=O) groups excluding carboxylic acids is 1. The van der Waals surface area contributed by atoms with Gasteiger partial charge in [-0.3, -0.25) is 4.79 Å². The summed E-state index contributed by atoms with van der Waals surface area (Å²) in [6.07, 6.45) is 0.664. The molecule has 0 saturated heterocycles. The molecule has 0 aliphatic carbocycles. The van der Waals surface area contributed by atoms with E-state index in [1.165, 1.54) is 16.5 Å². The van der Waals surface area contributed by atoms with E-state index in [1.807, 2.05) is 25.3 Å². The topological polar surface area (TPSA) is 75.3 Å². The van der Waals surface area contributed by atoms with E-state index in [4.69, 9.17) is 0 Å². The number of rotatable bonds is 5. The molecule has 25 heavy (non-hydrogen) atoms. The molecule has 0 fully saturated rings. The number of benzene rings is 1. The number of anilines is 1. The van der Waals surface area contributed by atoms with Crippen molar-refractivity contribution in [3.05, 3.63) is 40.1 Å². The summed E-state index contributed by atoms with van der Waals surface area (Å²) in [5.41, 5.74) is 1.75. The molecule has 8 heteroatoms. The van der Waals surface area contributed by atoms with Crippen LogP contribution in [-0.4, -0.2) is 26.6 Å². The summed E-state index contributed by atoms with van der Waals surface area (Å²) in [6.45, 7) is 4.23. The number of amides is 1. The average Bonchev–Trinajstić information content (AvgIpc) is 2.91. The minimum Gasteiger partial charge on any atom is -0.325 e. The Labute approximate surface area is 156 Å². The second-order valence-corrected chi connectivity index (χ2v) is 9.86. The van der Waals surface area contributed by atoms with Crippen molar-refractivity contribution in [2.75, 3.05) is 17.6 Å². The molecule has 0 spiro atoms. The summed E-state index contributed by atoms with van der Waals surface area (Å²) < 4.78 is 27.7. The molecule has 0 unspecified atom stereocenters. The molecule has 1 atom stereocenters. The maximum atomic E-state index is 12.5. The number of fused-ring (bicyclic) bond motifs is 1. The highest BCUT2D eigenvalue weighted by atomic mass is 32.2. The van der Waals surface area contributed by atoms with Crippen LogP contribution in [0.2, 0.25) is 0 Å². The van der Waals surface area contributed by atoms with Gasteiger partial charge in [0.25, 0.3) is 0 Å². The Morgan fingerprint density at radius 2 is 2.12 bits per heavy atom. The second kappa shape index (κ2) is 7.49. The van der Waals surface area contributed by atoms with Crippen molar-refractivity contribution in [3.63, 3.8) is 0 Å². The first-order valence-corrected chi connectivity index (χ1v) is 11.3. The number of thiophene rings is 1. The molecule has 0 radical (unpaired) electrons. The standard InChI is InChI=1S/C17H20N2O3S3/c1-11-6-8-23-15(11)5-7-18-25(21,22)13-3-4-16-14(9-13)19-17(20)12(2)10-24-16/h3-4,6,8-9,12,18H,5,7,10H2,1-2H3,(H,19,20)/t12-/m1/s1. The zero-order valence-electron chi connectivity index (χ0n) is 14.0. The van der Waals surface area contributed by atoms with Crippen molar-refractivity contribution in [3.8, 4) is 0 Å². The van der Waals surface area contributed by atoms with E-state index in [9.17, 15) is 13.2 Å². The van der Waals surface area contributed by atoms with Gasteiger partial charge < -0.3 is 5.32 Å². The first kappa shape index (κ1) is 18.4. The van der Waals surface area contributed by atoms with Gasteiger partial charge in [-0.1, -0.05) is 6.92 Å². The molecule has 134 valence electrons. The van der Waals surface area contributed by atoms with E-state index >= 15 is 0 Å². The molecule has 2 aromatic rings. The molecule has 1 aliphatic rings. The number of hydrogen-bond donors (Lipinski definition) is 2. The lowest BCUT2D eigenvalue weighted by atomic mass is 10.2. The van der Waals surface area contributed by atoms with Crippen LogP contribution in [0.5, 0.6) is 0 Å². The summed E-state index contributed by atoms with van der Waals surface area (Å²) in [5.74, 6) is 0.495. The quantitative estimate of drug-likeness (QED) is 0.813. The summed E-state index contributed by atoms with van der Waals surface area (Å²) in [6, 6.07) is 6.92. The third-order valence-corrected chi connectivity index (χ3v) is 7.94. The lowest BCUT2D eigenvalue weighted by molar-refractivity contribution is -0.118. The molecule has 0 bridgehead atoms. The molecule has 2 heterocycles. The third-order valence-electron chi connectivity index (χ3n) is 4.07. The van der Waals surface area contributed by atoms with Crippen LogP contribution in [0.25, 0.3) is 0 Å². The molecule has 5 nitrogen and oxygen atoms in total. The van der Waals surface area contributed by atoms with Crippen molar-refractivity contribution in [2.24, 2.45) is 5.92 Å². The van der Waals surface area contributed by atoms with Crippen LogP contribution in [0.15, 0.2) is 39.4 Å². The van der Waals surface area contributed by atoms with Crippen molar-refractivity contribution in [1.29, 1.82) is 0 Å². The molecule has 3 rings (SSSR count). The van der Waals surface area contributed by atoms with Crippen LogP contribution in [0, 0.1) is 12.8 Å². The monoisotopic (exact) mass is 396 g/mol. The predicted molar refractivity (Wildman–Crippen MR) is 103 cm³/mol. The van der Waals surface area contributed by atoms with Crippen molar-refractivity contribution in [1.82, 2.24) is 4.72 Å². The minimum absolute atomic E-state index is 0.0815. The molecular weight excluding hydrogens is 376 g/mol. The minimum atomic E-state index is -3.61. The molecule has 1 aromatic heterocycles. The lowest BCUT2D eigenvalue weighted by Crippen LogP contribution is -2.26. The molecular formula is C17H20N2O3S3. The van der Waals surface area contributed by atoms with Gasteiger partial charge in [0, 0.05) is 28.0 Å². The van der Waals surface area contributed by atoms with Gasteiger partial charge in [-0.15, -0.1) is 23.1 Å². The van der Waals surface area contributed by atoms with Crippen LogP contribution >= 0.6 is 23.1 Å². The fraction of sp³-hybridized carbons (Fsp3) is 0.353. The van der Waals surface area contributed by atoms with Crippen molar-refractivity contribution in [2.45, 2.75) is 30.1 Å². The van der Waals surface area contributed by atoms with Crippen molar-refractivity contribution >= 4 is 44.7 Å². The molecule has 1 aromatic carbocycles. The Kier molecular flexibility index (Phi) is 5.52. The first-order valence-electron chi connectivity index (χ1n) is 7.97. The summed E-state index contributed by atoms with van der Waals surface area (Å²) in [5, 5.41) is 4.83. The Balaban J connectivity index is 1.73. The maximum Gasteiger partial charge on any atom is 0.240 e. The highest BCUT2D eigenvalue weighted by molar-refractivity contribution is 7.99. The Hall–Kier alpha value is -1.35. The number of hydrogen-bond acceptors (Lipinski definition) is 5. The predicted octanol–water partition coefficient (Wildman–Crippen LogP) is 3.26. The largest absolute Gasteiger partial charge is 0.325 e.